The first-order valence-corrected chi connectivity index (χ1v) is 2.60. The molecular weight excluding hydrogens is 124 g/mol. The Balaban J connectivity index is 3.50. The first kappa shape index (κ1) is 8.39. The summed E-state index contributed by atoms with van der Waals surface area (Å²) in [4.78, 5) is 10.00. The predicted molar refractivity (Wildman–Crippen MR) is 29.9 cm³/mol. The maximum absolute atomic E-state index is 10.00. The van der Waals surface area contributed by atoms with Crippen molar-refractivity contribution in [3.63, 3.8) is 0 Å². The second kappa shape index (κ2) is 3.42. The van der Waals surface area contributed by atoms with E-state index in [1.54, 1.807) is 0 Å². The number of aliphatic hydroxyl groups is 1. The minimum absolute atomic E-state index is 0.940. The van der Waals surface area contributed by atoms with Gasteiger partial charge in [-0.3, -0.25) is 0 Å². The van der Waals surface area contributed by atoms with E-state index in [-0.39, 0.29) is 0 Å². The van der Waals surface area contributed by atoms with Crippen LogP contribution in [-0.4, -0.2) is 28.6 Å². The zero-order valence-electron chi connectivity index (χ0n) is 5.37. The highest BCUT2D eigenvalue weighted by Gasteiger charge is 2.12. The largest absolute Gasteiger partial charge is 0.479 e. The van der Waals surface area contributed by atoms with Gasteiger partial charge in [0.05, 0.1) is 0 Å². The van der Waals surface area contributed by atoms with Crippen LogP contribution >= 0.6 is 0 Å². The fourth-order valence-electron chi connectivity index (χ4n) is 0.354. The SMILES string of the molecule is CC(O)OC(C)C(=O)O. The first-order chi connectivity index (χ1) is 4.04. The van der Waals surface area contributed by atoms with Crippen molar-refractivity contribution in [2.75, 3.05) is 0 Å². The third kappa shape index (κ3) is 3.93. The van der Waals surface area contributed by atoms with Gasteiger partial charge in [0.25, 0.3) is 0 Å². The summed E-state index contributed by atoms with van der Waals surface area (Å²) in [5, 5.41) is 16.7. The molecule has 0 aliphatic rings. The lowest BCUT2D eigenvalue weighted by Crippen LogP contribution is -2.24. The molecule has 0 aromatic rings. The van der Waals surface area contributed by atoms with Crippen LogP contribution in [-0.2, 0) is 9.53 Å². The molecule has 0 aromatic carbocycles. The minimum atomic E-state index is -1.07. The van der Waals surface area contributed by atoms with Gasteiger partial charge in [0.15, 0.2) is 12.4 Å². The van der Waals surface area contributed by atoms with Gasteiger partial charge in [-0.2, -0.15) is 0 Å². The van der Waals surface area contributed by atoms with Gasteiger partial charge in [0, 0.05) is 0 Å². The number of carbonyl (C=O) groups is 1. The molecule has 4 nitrogen and oxygen atoms in total. The molecule has 0 saturated carbocycles. The maximum Gasteiger partial charge on any atom is 0.332 e. The van der Waals surface area contributed by atoms with Gasteiger partial charge >= 0.3 is 5.97 Å². The molecule has 0 spiro atoms. The van der Waals surface area contributed by atoms with E-state index in [1.807, 2.05) is 0 Å². The summed E-state index contributed by atoms with van der Waals surface area (Å²) < 4.78 is 4.47. The van der Waals surface area contributed by atoms with Crippen LogP contribution < -0.4 is 0 Å². The van der Waals surface area contributed by atoms with Crippen LogP contribution in [0, 0.1) is 0 Å². The topological polar surface area (TPSA) is 66.8 Å². The summed E-state index contributed by atoms with van der Waals surface area (Å²) in [6, 6.07) is 0. The summed E-state index contributed by atoms with van der Waals surface area (Å²) in [5.74, 6) is -1.07. The number of aliphatic carboxylic acids is 1. The number of hydrogen-bond acceptors (Lipinski definition) is 3. The van der Waals surface area contributed by atoms with Crippen molar-refractivity contribution in [1.29, 1.82) is 0 Å². The van der Waals surface area contributed by atoms with Crippen molar-refractivity contribution in [2.45, 2.75) is 26.2 Å². The van der Waals surface area contributed by atoms with Crippen LogP contribution in [0.1, 0.15) is 13.8 Å². The minimum Gasteiger partial charge on any atom is -0.479 e. The number of aliphatic hydroxyl groups excluding tert-OH is 1. The molecule has 0 bridgehead atoms. The number of carboxylic acids is 1. The summed E-state index contributed by atoms with van der Waals surface area (Å²) in [7, 11) is 0. The Bertz CT molecular complexity index is 99.1. The number of hydrogen-bond donors (Lipinski definition) is 2. The average Bonchev–Trinajstić information content (AvgIpc) is 1.63. The standard InChI is InChI=1S/C5H10O4/c1-3(5(7)8)9-4(2)6/h3-4,6H,1-2H3,(H,7,8). The third-order valence-electron chi connectivity index (χ3n) is 0.749. The van der Waals surface area contributed by atoms with Gasteiger partial charge in [-0.05, 0) is 13.8 Å². The van der Waals surface area contributed by atoms with Crippen LogP contribution in [0.5, 0.6) is 0 Å². The molecule has 0 radical (unpaired) electrons. The number of rotatable bonds is 3. The van der Waals surface area contributed by atoms with E-state index in [2.05, 4.69) is 4.74 Å². The second-order valence-electron chi connectivity index (χ2n) is 1.72. The molecule has 0 aromatic heterocycles. The van der Waals surface area contributed by atoms with Gasteiger partial charge in [0.1, 0.15) is 0 Å². The molecule has 2 atom stereocenters. The fourth-order valence-corrected chi connectivity index (χ4v) is 0.354. The number of ether oxygens (including phenoxy) is 1. The maximum atomic E-state index is 10.00. The van der Waals surface area contributed by atoms with Crippen molar-refractivity contribution < 1.29 is 19.7 Å². The van der Waals surface area contributed by atoms with Gasteiger partial charge in [-0.1, -0.05) is 0 Å². The highest BCUT2D eigenvalue weighted by molar-refractivity contribution is 5.71. The fraction of sp³-hybridized carbons (Fsp3) is 0.800. The monoisotopic (exact) mass is 134 g/mol. The average molecular weight is 134 g/mol. The Morgan fingerprint density at radius 3 is 2.11 bits per heavy atom. The second-order valence-corrected chi connectivity index (χ2v) is 1.72. The highest BCUT2D eigenvalue weighted by atomic mass is 16.6. The molecular formula is C5H10O4. The molecule has 54 valence electrons. The van der Waals surface area contributed by atoms with Gasteiger partial charge in [0.2, 0.25) is 0 Å². The first-order valence-electron chi connectivity index (χ1n) is 2.60. The Hall–Kier alpha value is -0.610. The van der Waals surface area contributed by atoms with E-state index in [0.29, 0.717) is 0 Å². The highest BCUT2D eigenvalue weighted by Crippen LogP contribution is 1.93. The van der Waals surface area contributed by atoms with E-state index < -0.39 is 18.4 Å². The summed E-state index contributed by atoms with van der Waals surface area (Å²) in [6.07, 6.45) is -1.96. The predicted octanol–water partition coefficient (Wildman–Crippen LogP) is -0.186. The Kier molecular flexibility index (Phi) is 3.19. The Morgan fingerprint density at radius 1 is 1.56 bits per heavy atom. The zero-order valence-corrected chi connectivity index (χ0v) is 5.37. The van der Waals surface area contributed by atoms with Crippen molar-refractivity contribution in [2.24, 2.45) is 0 Å². The van der Waals surface area contributed by atoms with E-state index in [1.165, 1.54) is 13.8 Å². The van der Waals surface area contributed by atoms with Crippen LogP contribution in [0.2, 0.25) is 0 Å². The molecule has 0 saturated heterocycles. The molecule has 9 heavy (non-hydrogen) atoms. The van der Waals surface area contributed by atoms with E-state index in [9.17, 15) is 4.79 Å². The molecule has 0 aliphatic carbocycles. The van der Waals surface area contributed by atoms with Crippen LogP contribution in [0.15, 0.2) is 0 Å². The van der Waals surface area contributed by atoms with Crippen molar-refractivity contribution >= 4 is 5.97 Å². The van der Waals surface area contributed by atoms with Gasteiger partial charge in [-0.25, -0.2) is 4.79 Å². The van der Waals surface area contributed by atoms with E-state index >= 15 is 0 Å². The van der Waals surface area contributed by atoms with Crippen molar-refractivity contribution in [3.05, 3.63) is 0 Å². The molecule has 2 unspecified atom stereocenters. The Labute approximate surface area is 53.1 Å². The number of carboxylic acid groups (broad SMARTS) is 1. The smallest absolute Gasteiger partial charge is 0.332 e. The lowest BCUT2D eigenvalue weighted by molar-refractivity contribution is -0.168. The van der Waals surface area contributed by atoms with Crippen molar-refractivity contribution in [3.8, 4) is 0 Å². The zero-order chi connectivity index (χ0) is 7.44. The molecule has 4 heteroatoms. The molecule has 0 rings (SSSR count). The lowest BCUT2D eigenvalue weighted by Gasteiger charge is -2.09. The quantitative estimate of drug-likeness (QED) is 0.525. The van der Waals surface area contributed by atoms with E-state index in [4.69, 9.17) is 10.2 Å². The van der Waals surface area contributed by atoms with Crippen LogP contribution in [0.25, 0.3) is 0 Å². The van der Waals surface area contributed by atoms with E-state index in [0.717, 1.165) is 0 Å². The summed E-state index contributed by atoms with van der Waals surface area (Å²) in [6.45, 7) is 2.72. The van der Waals surface area contributed by atoms with Crippen LogP contribution in [0.3, 0.4) is 0 Å². The van der Waals surface area contributed by atoms with Crippen molar-refractivity contribution in [1.82, 2.24) is 0 Å². The van der Waals surface area contributed by atoms with Gasteiger partial charge < -0.3 is 14.9 Å². The lowest BCUT2D eigenvalue weighted by atomic mass is 10.4. The molecule has 0 amide bonds. The molecule has 0 heterocycles. The molecule has 0 aliphatic heterocycles. The third-order valence-corrected chi connectivity index (χ3v) is 0.749. The molecule has 2 N–H and O–H groups in total. The van der Waals surface area contributed by atoms with Gasteiger partial charge in [-0.15, -0.1) is 0 Å². The summed E-state index contributed by atoms with van der Waals surface area (Å²) in [5.41, 5.74) is 0. The summed E-state index contributed by atoms with van der Waals surface area (Å²) >= 11 is 0. The normalized spacial score (nSPS) is 16.8. The Morgan fingerprint density at radius 2 is 2.00 bits per heavy atom. The van der Waals surface area contributed by atoms with Crippen LogP contribution in [0.4, 0.5) is 0 Å². The molecule has 0 fully saturated rings.